The predicted molar refractivity (Wildman–Crippen MR) is 69.5 cm³/mol. The van der Waals surface area contributed by atoms with E-state index in [4.69, 9.17) is 15.2 Å². The second-order valence-electron chi connectivity index (χ2n) is 3.97. The number of aliphatic hydroxyl groups is 1. The zero-order valence-electron chi connectivity index (χ0n) is 10.7. The van der Waals surface area contributed by atoms with Crippen molar-refractivity contribution in [1.82, 2.24) is 0 Å². The van der Waals surface area contributed by atoms with Gasteiger partial charge in [0.2, 0.25) is 0 Å². The highest BCUT2D eigenvalue weighted by molar-refractivity contribution is 6.39. The van der Waals surface area contributed by atoms with E-state index in [2.05, 4.69) is 4.74 Å². The summed E-state index contributed by atoms with van der Waals surface area (Å²) in [6, 6.07) is 2.93. The number of carbonyl (C=O) groups excluding carboxylic acids is 2. The number of fused-ring (bicyclic) bond motifs is 1. The molecule has 0 aliphatic carbocycles. The fourth-order valence-electron chi connectivity index (χ4n) is 1.69. The van der Waals surface area contributed by atoms with Gasteiger partial charge < -0.3 is 25.1 Å². The number of benzene rings is 1. The average molecular weight is 279 g/mol. The summed E-state index contributed by atoms with van der Waals surface area (Å²) in [4.78, 5) is 22.3. The summed E-state index contributed by atoms with van der Waals surface area (Å²) in [5.41, 5.74) is 6.13. The SMILES string of the molecule is COC(=O)C(=O)/C=C(\O)c1cc2c(cc1N)OCCO2. The molecule has 1 heterocycles. The fourth-order valence-corrected chi connectivity index (χ4v) is 1.69. The number of esters is 1. The van der Waals surface area contributed by atoms with E-state index in [-0.39, 0.29) is 11.3 Å². The molecule has 7 heteroatoms. The first-order chi connectivity index (χ1) is 9.52. The number of anilines is 1. The molecule has 2 rings (SSSR count). The number of ether oxygens (including phenoxy) is 3. The molecule has 3 N–H and O–H groups in total. The lowest BCUT2D eigenvalue weighted by Gasteiger charge is -2.20. The van der Waals surface area contributed by atoms with Gasteiger partial charge in [0.25, 0.3) is 5.78 Å². The van der Waals surface area contributed by atoms with Crippen LogP contribution in [-0.2, 0) is 14.3 Å². The molecule has 0 radical (unpaired) electrons. The number of nitrogen functional groups attached to an aromatic ring is 1. The zero-order valence-corrected chi connectivity index (χ0v) is 10.7. The maximum absolute atomic E-state index is 11.4. The van der Waals surface area contributed by atoms with Crippen LogP contribution < -0.4 is 15.2 Å². The number of aliphatic hydroxyl groups excluding tert-OH is 1. The number of ketones is 1. The van der Waals surface area contributed by atoms with E-state index in [1.54, 1.807) is 0 Å². The Labute approximate surface area is 114 Å². The standard InChI is InChI=1S/C13H13NO6/c1-18-13(17)10(16)6-9(15)7-4-11-12(5-8(7)14)20-3-2-19-11/h4-6,15H,2-3,14H2,1H3/b9-6-. The molecule has 0 bridgehead atoms. The van der Waals surface area contributed by atoms with Crippen LogP contribution in [0.5, 0.6) is 11.5 Å². The number of hydrogen-bond donors (Lipinski definition) is 2. The molecule has 7 nitrogen and oxygen atoms in total. The van der Waals surface area contributed by atoms with Crippen molar-refractivity contribution < 1.29 is 28.9 Å². The zero-order chi connectivity index (χ0) is 14.7. The third kappa shape index (κ3) is 2.66. The number of methoxy groups -OCH3 is 1. The van der Waals surface area contributed by atoms with Crippen LogP contribution in [0.3, 0.4) is 0 Å². The summed E-state index contributed by atoms with van der Waals surface area (Å²) in [6.45, 7) is 0.788. The number of hydrogen-bond acceptors (Lipinski definition) is 7. The van der Waals surface area contributed by atoms with E-state index in [0.29, 0.717) is 24.7 Å². The molecule has 1 aromatic rings. The van der Waals surface area contributed by atoms with Crippen molar-refractivity contribution in [1.29, 1.82) is 0 Å². The average Bonchev–Trinajstić information content (AvgIpc) is 2.45. The minimum atomic E-state index is -1.08. The number of nitrogens with two attached hydrogens (primary N) is 1. The van der Waals surface area contributed by atoms with Crippen LogP contribution in [0.4, 0.5) is 5.69 Å². The van der Waals surface area contributed by atoms with E-state index in [0.717, 1.165) is 13.2 Å². The van der Waals surface area contributed by atoms with Gasteiger partial charge >= 0.3 is 5.97 Å². The molecular weight excluding hydrogens is 266 g/mol. The summed E-state index contributed by atoms with van der Waals surface area (Å²) in [5.74, 6) is -1.64. The van der Waals surface area contributed by atoms with Gasteiger partial charge in [0, 0.05) is 23.4 Å². The monoisotopic (exact) mass is 279 g/mol. The van der Waals surface area contributed by atoms with Crippen molar-refractivity contribution in [3.63, 3.8) is 0 Å². The van der Waals surface area contributed by atoms with Crippen molar-refractivity contribution in [2.24, 2.45) is 0 Å². The van der Waals surface area contributed by atoms with Gasteiger partial charge in [-0.05, 0) is 6.07 Å². The van der Waals surface area contributed by atoms with Crippen LogP contribution >= 0.6 is 0 Å². The quantitative estimate of drug-likeness (QED) is 0.275. The van der Waals surface area contributed by atoms with Crippen molar-refractivity contribution in [2.75, 3.05) is 26.1 Å². The van der Waals surface area contributed by atoms with E-state index in [1.165, 1.54) is 12.1 Å². The second-order valence-corrected chi connectivity index (χ2v) is 3.97. The van der Waals surface area contributed by atoms with Gasteiger partial charge in [-0.25, -0.2) is 4.79 Å². The highest BCUT2D eigenvalue weighted by Gasteiger charge is 2.18. The first kappa shape index (κ1) is 13.7. The molecule has 0 saturated carbocycles. The fraction of sp³-hybridized carbons (Fsp3) is 0.231. The third-order valence-corrected chi connectivity index (χ3v) is 2.64. The Hall–Kier alpha value is -2.70. The molecule has 0 fully saturated rings. The Morgan fingerprint density at radius 1 is 1.30 bits per heavy atom. The van der Waals surface area contributed by atoms with E-state index in [1.807, 2.05) is 0 Å². The van der Waals surface area contributed by atoms with Crippen LogP contribution in [0.1, 0.15) is 5.56 Å². The highest BCUT2D eigenvalue weighted by atomic mass is 16.6. The van der Waals surface area contributed by atoms with Gasteiger partial charge in [0.15, 0.2) is 11.5 Å². The number of rotatable bonds is 3. The molecule has 0 saturated heterocycles. The molecule has 0 atom stereocenters. The molecule has 1 aliphatic heterocycles. The van der Waals surface area contributed by atoms with Gasteiger partial charge in [-0.15, -0.1) is 0 Å². The molecule has 1 aliphatic rings. The van der Waals surface area contributed by atoms with Crippen LogP contribution in [0.25, 0.3) is 5.76 Å². The molecule has 106 valence electrons. The molecule has 0 unspecified atom stereocenters. The topological polar surface area (TPSA) is 108 Å². The number of carbonyl (C=O) groups is 2. The van der Waals surface area contributed by atoms with E-state index >= 15 is 0 Å². The van der Waals surface area contributed by atoms with Crippen molar-refractivity contribution in [2.45, 2.75) is 0 Å². The lowest BCUT2D eigenvalue weighted by molar-refractivity contribution is -0.149. The smallest absolute Gasteiger partial charge is 0.378 e. The molecule has 0 amide bonds. The van der Waals surface area contributed by atoms with Crippen molar-refractivity contribution in [3.8, 4) is 11.5 Å². The van der Waals surface area contributed by atoms with E-state index < -0.39 is 17.5 Å². The van der Waals surface area contributed by atoms with Gasteiger partial charge in [-0.2, -0.15) is 0 Å². The first-order valence-electron chi connectivity index (χ1n) is 5.75. The Balaban J connectivity index is 2.35. The molecule has 20 heavy (non-hydrogen) atoms. The lowest BCUT2D eigenvalue weighted by atomic mass is 10.1. The minimum absolute atomic E-state index is 0.173. The summed E-state index contributed by atoms with van der Waals surface area (Å²) >= 11 is 0. The maximum atomic E-state index is 11.4. The predicted octanol–water partition coefficient (Wildman–Crippen LogP) is 0.681. The third-order valence-electron chi connectivity index (χ3n) is 2.64. The van der Waals surface area contributed by atoms with Gasteiger partial charge in [0.05, 0.1) is 7.11 Å². The lowest BCUT2D eigenvalue weighted by Crippen LogP contribution is -2.16. The normalized spacial score (nSPS) is 13.8. The minimum Gasteiger partial charge on any atom is -0.507 e. The summed E-state index contributed by atoms with van der Waals surface area (Å²) in [6.07, 6.45) is 0.744. The Morgan fingerprint density at radius 3 is 2.50 bits per heavy atom. The Kier molecular flexibility index (Phi) is 3.79. The van der Waals surface area contributed by atoms with Gasteiger partial charge in [-0.3, -0.25) is 4.79 Å². The molecule has 0 aromatic heterocycles. The van der Waals surface area contributed by atoms with Crippen LogP contribution in [0.2, 0.25) is 0 Å². The Morgan fingerprint density at radius 2 is 1.90 bits per heavy atom. The molecular formula is C13H13NO6. The maximum Gasteiger partial charge on any atom is 0.378 e. The van der Waals surface area contributed by atoms with Crippen molar-refractivity contribution >= 4 is 23.2 Å². The summed E-state index contributed by atoms with van der Waals surface area (Å²) < 4.78 is 14.9. The van der Waals surface area contributed by atoms with Crippen LogP contribution in [-0.4, -0.2) is 37.2 Å². The summed E-state index contributed by atoms with van der Waals surface area (Å²) in [7, 11) is 1.07. The van der Waals surface area contributed by atoms with Crippen LogP contribution in [0, 0.1) is 0 Å². The van der Waals surface area contributed by atoms with Gasteiger partial charge in [0.1, 0.15) is 19.0 Å². The Bertz CT molecular complexity index is 593. The summed E-state index contributed by atoms with van der Waals surface area (Å²) in [5, 5.41) is 9.87. The second kappa shape index (κ2) is 5.52. The van der Waals surface area contributed by atoms with Gasteiger partial charge in [-0.1, -0.05) is 0 Å². The highest BCUT2D eigenvalue weighted by Crippen LogP contribution is 2.36. The van der Waals surface area contributed by atoms with E-state index in [9.17, 15) is 14.7 Å². The first-order valence-corrected chi connectivity index (χ1v) is 5.75. The largest absolute Gasteiger partial charge is 0.507 e. The van der Waals surface area contributed by atoms with Crippen LogP contribution in [0.15, 0.2) is 18.2 Å². The molecule has 1 aromatic carbocycles. The molecule has 0 spiro atoms. The van der Waals surface area contributed by atoms with Crippen molar-refractivity contribution in [3.05, 3.63) is 23.8 Å².